The predicted octanol–water partition coefficient (Wildman–Crippen LogP) is 3.07. The van der Waals surface area contributed by atoms with Crippen LogP contribution >= 0.6 is 11.3 Å². The third kappa shape index (κ3) is 2.58. The average Bonchev–Trinajstić information content (AvgIpc) is 2.70. The smallest absolute Gasteiger partial charge is 0.00134 e. The van der Waals surface area contributed by atoms with Crippen molar-refractivity contribution < 1.29 is 0 Å². The van der Waals surface area contributed by atoms with Crippen LogP contribution in [-0.4, -0.2) is 12.6 Å². The Bertz CT molecular complexity index is 273. The summed E-state index contributed by atoms with van der Waals surface area (Å²) in [4.78, 5) is 0. The third-order valence-electron chi connectivity index (χ3n) is 3.00. The lowest BCUT2D eigenvalue weighted by atomic mass is 9.98. The van der Waals surface area contributed by atoms with Crippen molar-refractivity contribution in [1.82, 2.24) is 5.32 Å². The topological polar surface area (TPSA) is 12.0 Å². The van der Waals surface area contributed by atoms with E-state index in [-0.39, 0.29) is 0 Å². The molecule has 0 atom stereocenters. The second-order valence-electron chi connectivity index (χ2n) is 4.84. The molecular weight excluding hydrogens is 190 g/mol. The minimum absolute atomic E-state index is 0.603. The number of rotatable bonds is 5. The first kappa shape index (κ1) is 10.2. The van der Waals surface area contributed by atoms with E-state index in [2.05, 4.69) is 36.0 Å². The van der Waals surface area contributed by atoms with E-state index in [1.807, 2.05) is 11.3 Å². The average molecular weight is 209 g/mol. The maximum absolute atomic E-state index is 3.56. The van der Waals surface area contributed by atoms with Crippen molar-refractivity contribution in [3.8, 4) is 0 Å². The largest absolute Gasteiger partial charge is 0.314 e. The van der Waals surface area contributed by atoms with Gasteiger partial charge in [0.15, 0.2) is 0 Å². The van der Waals surface area contributed by atoms with Gasteiger partial charge < -0.3 is 5.32 Å². The fourth-order valence-electron chi connectivity index (χ4n) is 1.84. The minimum atomic E-state index is 0.603. The van der Waals surface area contributed by atoms with Crippen molar-refractivity contribution in [2.24, 2.45) is 5.41 Å². The molecule has 0 spiro atoms. The lowest BCUT2D eigenvalue weighted by Gasteiger charge is -2.17. The highest BCUT2D eigenvalue weighted by atomic mass is 32.1. The molecule has 0 unspecified atom stereocenters. The summed E-state index contributed by atoms with van der Waals surface area (Å²) in [6, 6.07) is 2.88. The molecule has 0 saturated heterocycles. The van der Waals surface area contributed by atoms with Gasteiger partial charge in [-0.15, -0.1) is 0 Å². The highest BCUT2D eigenvalue weighted by Crippen LogP contribution is 2.48. The molecule has 1 aliphatic carbocycles. The van der Waals surface area contributed by atoms with E-state index in [1.54, 1.807) is 0 Å². The molecule has 1 fully saturated rings. The molecule has 78 valence electrons. The summed E-state index contributed by atoms with van der Waals surface area (Å²) in [5, 5.41) is 8.03. The molecular formula is C12H19NS. The summed E-state index contributed by atoms with van der Waals surface area (Å²) >= 11 is 1.81. The van der Waals surface area contributed by atoms with Crippen LogP contribution in [0.2, 0.25) is 0 Å². The monoisotopic (exact) mass is 209 g/mol. The lowest BCUT2D eigenvalue weighted by molar-refractivity contribution is 0.430. The Morgan fingerprint density at radius 1 is 1.50 bits per heavy atom. The second-order valence-corrected chi connectivity index (χ2v) is 5.62. The highest BCUT2D eigenvalue weighted by Gasteiger charge is 2.42. The molecule has 0 radical (unpaired) electrons. The Hall–Kier alpha value is -0.340. The van der Waals surface area contributed by atoms with Crippen molar-refractivity contribution >= 4 is 11.3 Å². The summed E-state index contributed by atoms with van der Waals surface area (Å²) in [6.07, 6.45) is 4.08. The Labute approximate surface area is 90.5 Å². The van der Waals surface area contributed by atoms with Crippen LogP contribution in [0.1, 0.15) is 32.3 Å². The number of nitrogens with one attached hydrogen (secondary N) is 1. The molecule has 2 rings (SSSR count). The number of hydrogen-bond donors (Lipinski definition) is 1. The van der Waals surface area contributed by atoms with Crippen LogP contribution in [0.25, 0.3) is 0 Å². The zero-order chi connectivity index (χ0) is 10.0. The van der Waals surface area contributed by atoms with E-state index in [0.717, 1.165) is 0 Å². The van der Waals surface area contributed by atoms with Crippen LogP contribution in [0.4, 0.5) is 0 Å². The van der Waals surface area contributed by atoms with Gasteiger partial charge in [-0.25, -0.2) is 0 Å². The molecule has 2 heteroatoms. The van der Waals surface area contributed by atoms with Crippen molar-refractivity contribution in [3.63, 3.8) is 0 Å². The maximum atomic E-state index is 3.56. The third-order valence-corrected chi connectivity index (χ3v) is 3.73. The first-order valence-electron chi connectivity index (χ1n) is 5.45. The first-order chi connectivity index (χ1) is 6.70. The van der Waals surface area contributed by atoms with E-state index >= 15 is 0 Å². The molecule has 1 aromatic rings. The van der Waals surface area contributed by atoms with Crippen LogP contribution in [0.5, 0.6) is 0 Å². The fourth-order valence-corrected chi connectivity index (χ4v) is 2.51. The molecule has 0 aliphatic heterocycles. The molecule has 1 saturated carbocycles. The van der Waals surface area contributed by atoms with Crippen LogP contribution < -0.4 is 5.32 Å². The van der Waals surface area contributed by atoms with E-state index < -0.39 is 0 Å². The van der Waals surface area contributed by atoms with Crippen LogP contribution in [0, 0.1) is 5.41 Å². The number of hydrogen-bond acceptors (Lipinski definition) is 2. The van der Waals surface area contributed by atoms with Gasteiger partial charge in [0, 0.05) is 12.6 Å². The Kier molecular flexibility index (Phi) is 2.93. The van der Waals surface area contributed by atoms with Crippen molar-refractivity contribution in [2.75, 3.05) is 6.54 Å². The zero-order valence-electron chi connectivity index (χ0n) is 9.05. The summed E-state index contributed by atoms with van der Waals surface area (Å²) in [5.41, 5.74) is 2.13. The highest BCUT2D eigenvalue weighted by molar-refractivity contribution is 7.07. The van der Waals surface area contributed by atoms with Crippen LogP contribution in [-0.2, 0) is 6.42 Å². The van der Waals surface area contributed by atoms with Crippen molar-refractivity contribution in [1.29, 1.82) is 0 Å². The van der Waals surface area contributed by atoms with Gasteiger partial charge in [-0.1, -0.05) is 13.8 Å². The minimum Gasteiger partial charge on any atom is -0.314 e. The molecule has 1 aromatic heterocycles. The summed E-state index contributed by atoms with van der Waals surface area (Å²) in [7, 11) is 0. The molecule has 0 bridgehead atoms. The SMILES string of the molecule is CC(C)NCC1(Cc2ccsc2)CC1. The van der Waals surface area contributed by atoms with Crippen LogP contribution in [0.3, 0.4) is 0 Å². The van der Waals surface area contributed by atoms with Crippen molar-refractivity contribution in [3.05, 3.63) is 22.4 Å². The number of thiophene rings is 1. The molecule has 1 heterocycles. The van der Waals surface area contributed by atoms with Gasteiger partial charge in [-0.2, -0.15) is 11.3 Å². The van der Waals surface area contributed by atoms with Gasteiger partial charge in [-0.05, 0) is 47.1 Å². The molecule has 1 nitrogen and oxygen atoms in total. The van der Waals surface area contributed by atoms with Crippen LogP contribution in [0.15, 0.2) is 16.8 Å². The quantitative estimate of drug-likeness (QED) is 0.786. The molecule has 1 N–H and O–H groups in total. The van der Waals surface area contributed by atoms with Gasteiger partial charge in [0.1, 0.15) is 0 Å². The molecule has 14 heavy (non-hydrogen) atoms. The first-order valence-corrected chi connectivity index (χ1v) is 6.39. The molecule has 0 amide bonds. The zero-order valence-corrected chi connectivity index (χ0v) is 9.86. The van der Waals surface area contributed by atoms with Gasteiger partial charge in [0.2, 0.25) is 0 Å². The van der Waals surface area contributed by atoms with Gasteiger partial charge in [0.25, 0.3) is 0 Å². The van der Waals surface area contributed by atoms with E-state index in [9.17, 15) is 0 Å². The van der Waals surface area contributed by atoms with E-state index in [0.29, 0.717) is 11.5 Å². The Morgan fingerprint density at radius 3 is 2.79 bits per heavy atom. The molecule has 1 aliphatic rings. The Balaban J connectivity index is 1.84. The summed E-state index contributed by atoms with van der Waals surface area (Å²) < 4.78 is 0. The van der Waals surface area contributed by atoms with E-state index in [4.69, 9.17) is 0 Å². The summed E-state index contributed by atoms with van der Waals surface area (Å²) in [6.45, 7) is 5.64. The van der Waals surface area contributed by atoms with Crippen molar-refractivity contribution in [2.45, 2.75) is 39.2 Å². The van der Waals surface area contributed by atoms with E-state index in [1.165, 1.54) is 31.4 Å². The van der Waals surface area contributed by atoms with Gasteiger partial charge >= 0.3 is 0 Å². The van der Waals surface area contributed by atoms with Gasteiger partial charge in [-0.3, -0.25) is 0 Å². The molecule has 0 aromatic carbocycles. The normalized spacial score (nSPS) is 18.8. The lowest BCUT2D eigenvalue weighted by Crippen LogP contribution is -2.30. The predicted molar refractivity (Wildman–Crippen MR) is 62.8 cm³/mol. The fraction of sp³-hybridized carbons (Fsp3) is 0.667. The summed E-state index contributed by atoms with van der Waals surface area (Å²) in [5.74, 6) is 0. The second kappa shape index (κ2) is 4.03. The standard InChI is InChI=1S/C12H19NS/c1-10(2)13-9-12(4-5-12)7-11-3-6-14-8-11/h3,6,8,10,13H,4-5,7,9H2,1-2H3. The van der Waals surface area contributed by atoms with Gasteiger partial charge in [0.05, 0.1) is 0 Å². The maximum Gasteiger partial charge on any atom is 0.00134 e. The Morgan fingerprint density at radius 2 is 2.29 bits per heavy atom.